The number of halogens is 1. The molecule has 7 heteroatoms. The Morgan fingerprint density at radius 3 is 2.71 bits per heavy atom. The molecule has 0 radical (unpaired) electrons. The molecular weight excluding hydrogens is 312 g/mol. The molecular formula is C14H15ClN2O3S. The molecule has 112 valence electrons. The van der Waals surface area contributed by atoms with Gasteiger partial charge in [-0.25, -0.2) is 0 Å². The van der Waals surface area contributed by atoms with Gasteiger partial charge in [-0.1, -0.05) is 23.4 Å². The van der Waals surface area contributed by atoms with Gasteiger partial charge in [0.05, 0.1) is 11.4 Å². The van der Waals surface area contributed by atoms with Crippen molar-refractivity contribution in [2.75, 3.05) is 16.8 Å². The van der Waals surface area contributed by atoms with Crippen molar-refractivity contribution in [3.8, 4) is 0 Å². The Morgan fingerprint density at radius 2 is 2.10 bits per heavy atom. The molecule has 2 amide bonds. The minimum atomic E-state index is -0.222. The highest BCUT2D eigenvalue weighted by Crippen LogP contribution is 2.35. The van der Waals surface area contributed by atoms with Gasteiger partial charge in [0.2, 0.25) is 11.8 Å². The standard InChI is InChI=1S/C14H15ClN2O3S/c1-8(18)16-12-4-3-10(15)5-13(12)17-7-11(6-14(17)20)21-9(2)19/h3-5,11H,6-7H2,1-2H3,(H,16,18). The van der Waals surface area contributed by atoms with Crippen molar-refractivity contribution in [2.45, 2.75) is 25.5 Å². The Morgan fingerprint density at radius 1 is 1.38 bits per heavy atom. The van der Waals surface area contributed by atoms with Crippen LogP contribution in [0.5, 0.6) is 0 Å². The molecule has 1 unspecified atom stereocenters. The van der Waals surface area contributed by atoms with Crippen LogP contribution in [0.2, 0.25) is 5.02 Å². The maximum atomic E-state index is 12.2. The number of carbonyl (C=O) groups is 3. The zero-order valence-corrected chi connectivity index (χ0v) is 13.3. The molecule has 2 rings (SSSR count). The minimum Gasteiger partial charge on any atom is -0.325 e. The van der Waals surface area contributed by atoms with Crippen LogP contribution in [-0.2, 0) is 14.4 Å². The van der Waals surface area contributed by atoms with Crippen molar-refractivity contribution in [2.24, 2.45) is 0 Å². The number of benzene rings is 1. The van der Waals surface area contributed by atoms with Gasteiger partial charge in [-0.2, -0.15) is 0 Å². The lowest BCUT2D eigenvalue weighted by Crippen LogP contribution is -2.26. The Labute approximate surface area is 132 Å². The molecule has 0 saturated carbocycles. The number of hydrogen-bond donors (Lipinski definition) is 1. The first-order valence-corrected chi connectivity index (χ1v) is 7.67. The highest BCUT2D eigenvalue weighted by Gasteiger charge is 2.33. The minimum absolute atomic E-state index is 0.0113. The third-order valence-corrected chi connectivity index (χ3v) is 4.20. The number of carbonyl (C=O) groups excluding carboxylic acids is 3. The molecule has 1 heterocycles. The van der Waals surface area contributed by atoms with Gasteiger partial charge < -0.3 is 10.2 Å². The van der Waals surface area contributed by atoms with E-state index in [1.165, 1.54) is 25.6 Å². The highest BCUT2D eigenvalue weighted by molar-refractivity contribution is 8.14. The van der Waals surface area contributed by atoms with E-state index < -0.39 is 0 Å². The second-order valence-corrected chi connectivity index (χ2v) is 6.70. The Balaban J connectivity index is 2.28. The SMILES string of the molecule is CC(=O)Nc1ccc(Cl)cc1N1CC(SC(C)=O)CC1=O. The van der Waals surface area contributed by atoms with Gasteiger partial charge in [0.15, 0.2) is 5.12 Å². The topological polar surface area (TPSA) is 66.5 Å². The van der Waals surface area contributed by atoms with Crippen molar-refractivity contribution in [3.63, 3.8) is 0 Å². The Bertz CT molecular complexity index is 606. The molecule has 1 aliphatic rings. The van der Waals surface area contributed by atoms with Crippen molar-refractivity contribution >= 4 is 51.7 Å². The quantitative estimate of drug-likeness (QED) is 0.927. The molecule has 1 fully saturated rings. The number of hydrogen-bond acceptors (Lipinski definition) is 4. The van der Waals surface area contributed by atoms with Crippen molar-refractivity contribution < 1.29 is 14.4 Å². The van der Waals surface area contributed by atoms with Gasteiger partial charge in [0, 0.05) is 37.1 Å². The van der Waals surface area contributed by atoms with Crippen LogP contribution in [0.3, 0.4) is 0 Å². The van der Waals surface area contributed by atoms with Crippen LogP contribution in [0, 0.1) is 0 Å². The first-order chi connectivity index (χ1) is 9.86. The van der Waals surface area contributed by atoms with Crippen LogP contribution in [0.4, 0.5) is 11.4 Å². The van der Waals surface area contributed by atoms with Crippen molar-refractivity contribution in [1.82, 2.24) is 0 Å². The lowest BCUT2D eigenvalue weighted by molar-refractivity contribution is -0.117. The van der Waals surface area contributed by atoms with E-state index in [-0.39, 0.29) is 22.2 Å². The molecule has 1 aliphatic heterocycles. The third-order valence-electron chi connectivity index (χ3n) is 2.98. The van der Waals surface area contributed by atoms with Gasteiger partial charge in [-0.3, -0.25) is 14.4 Å². The van der Waals surface area contributed by atoms with Crippen LogP contribution < -0.4 is 10.2 Å². The van der Waals surface area contributed by atoms with Gasteiger partial charge in [-0.05, 0) is 18.2 Å². The lowest BCUT2D eigenvalue weighted by atomic mass is 10.2. The second kappa shape index (κ2) is 6.49. The van der Waals surface area contributed by atoms with Gasteiger partial charge in [-0.15, -0.1) is 0 Å². The third kappa shape index (κ3) is 3.98. The van der Waals surface area contributed by atoms with Crippen molar-refractivity contribution in [1.29, 1.82) is 0 Å². The summed E-state index contributed by atoms with van der Waals surface area (Å²) in [5, 5.41) is 3.09. The van der Waals surface area contributed by atoms with Gasteiger partial charge >= 0.3 is 0 Å². The summed E-state index contributed by atoms with van der Waals surface area (Å²) in [6, 6.07) is 4.96. The average molecular weight is 327 g/mol. The zero-order chi connectivity index (χ0) is 15.6. The second-order valence-electron chi connectivity index (χ2n) is 4.78. The van der Waals surface area contributed by atoms with E-state index in [9.17, 15) is 14.4 Å². The summed E-state index contributed by atoms with van der Waals surface area (Å²) in [6.07, 6.45) is 0.302. The summed E-state index contributed by atoms with van der Waals surface area (Å²) in [6.45, 7) is 3.31. The number of amides is 2. The summed E-state index contributed by atoms with van der Waals surface area (Å²) >= 11 is 7.16. The summed E-state index contributed by atoms with van der Waals surface area (Å²) < 4.78 is 0. The molecule has 1 N–H and O–H groups in total. The Kier molecular flexibility index (Phi) is 4.90. The molecule has 0 aliphatic carbocycles. The van der Waals surface area contributed by atoms with E-state index in [1.807, 2.05) is 0 Å². The monoisotopic (exact) mass is 326 g/mol. The van der Waals surface area contributed by atoms with E-state index >= 15 is 0 Å². The summed E-state index contributed by atoms with van der Waals surface area (Å²) in [5.41, 5.74) is 1.10. The molecule has 1 aromatic rings. The van der Waals surface area contributed by atoms with E-state index in [1.54, 1.807) is 23.1 Å². The highest BCUT2D eigenvalue weighted by atomic mass is 35.5. The molecule has 0 aromatic heterocycles. The summed E-state index contributed by atoms with van der Waals surface area (Å²) in [4.78, 5) is 36.2. The van der Waals surface area contributed by atoms with E-state index in [2.05, 4.69) is 5.32 Å². The number of nitrogens with zero attached hydrogens (tertiary/aromatic N) is 1. The predicted molar refractivity (Wildman–Crippen MR) is 84.8 cm³/mol. The van der Waals surface area contributed by atoms with Crippen LogP contribution in [-0.4, -0.2) is 28.7 Å². The van der Waals surface area contributed by atoms with Crippen LogP contribution in [0.25, 0.3) is 0 Å². The Hall–Kier alpha value is -1.53. The molecule has 5 nitrogen and oxygen atoms in total. The molecule has 1 atom stereocenters. The maximum absolute atomic E-state index is 12.2. The number of nitrogens with one attached hydrogen (secondary N) is 1. The van der Waals surface area contributed by atoms with E-state index in [0.717, 1.165) is 0 Å². The number of anilines is 2. The maximum Gasteiger partial charge on any atom is 0.228 e. The largest absolute Gasteiger partial charge is 0.325 e. The number of rotatable bonds is 3. The van der Waals surface area contributed by atoms with Crippen LogP contribution >= 0.6 is 23.4 Å². The smallest absolute Gasteiger partial charge is 0.228 e. The fraction of sp³-hybridized carbons (Fsp3) is 0.357. The fourth-order valence-corrected chi connectivity index (χ4v) is 3.33. The van der Waals surface area contributed by atoms with Crippen molar-refractivity contribution in [3.05, 3.63) is 23.2 Å². The molecule has 0 bridgehead atoms. The zero-order valence-electron chi connectivity index (χ0n) is 11.7. The van der Waals surface area contributed by atoms with Gasteiger partial charge in [0.25, 0.3) is 0 Å². The van der Waals surface area contributed by atoms with E-state index in [0.29, 0.717) is 29.4 Å². The predicted octanol–water partition coefficient (Wildman–Crippen LogP) is 2.68. The lowest BCUT2D eigenvalue weighted by Gasteiger charge is -2.20. The first kappa shape index (κ1) is 15.9. The summed E-state index contributed by atoms with van der Waals surface area (Å²) in [5.74, 6) is -0.303. The molecule has 1 aromatic carbocycles. The van der Waals surface area contributed by atoms with Gasteiger partial charge in [0.1, 0.15) is 0 Å². The number of thioether (sulfide) groups is 1. The normalized spacial score (nSPS) is 18.0. The average Bonchev–Trinajstić information content (AvgIpc) is 2.71. The van der Waals surface area contributed by atoms with Crippen LogP contribution in [0.1, 0.15) is 20.3 Å². The first-order valence-electron chi connectivity index (χ1n) is 6.41. The molecule has 21 heavy (non-hydrogen) atoms. The molecule has 1 saturated heterocycles. The fourth-order valence-electron chi connectivity index (χ4n) is 2.24. The summed E-state index contributed by atoms with van der Waals surface area (Å²) in [7, 11) is 0. The van der Waals surface area contributed by atoms with E-state index in [4.69, 9.17) is 11.6 Å². The van der Waals surface area contributed by atoms with Crippen LogP contribution in [0.15, 0.2) is 18.2 Å². The molecule has 0 spiro atoms.